The molecule has 1 atom stereocenters. The predicted octanol–water partition coefficient (Wildman–Crippen LogP) is 4.12. The summed E-state index contributed by atoms with van der Waals surface area (Å²) >= 11 is 0. The Bertz CT molecular complexity index is 936. The van der Waals surface area contributed by atoms with E-state index in [0.717, 1.165) is 56.0 Å². The molecule has 1 amide bonds. The fourth-order valence-electron chi connectivity index (χ4n) is 4.14. The van der Waals surface area contributed by atoms with Crippen LogP contribution in [0.25, 0.3) is 11.4 Å². The first-order chi connectivity index (χ1) is 14.2. The zero-order chi connectivity index (χ0) is 20.1. The van der Waals surface area contributed by atoms with Crippen molar-refractivity contribution in [1.29, 1.82) is 0 Å². The van der Waals surface area contributed by atoms with Gasteiger partial charge in [0, 0.05) is 55.9 Å². The highest BCUT2D eigenvalue weighted by atomic mass is 16.2. The number of aromatic nitrogens is 3. The van der Waals surface area contributed by atoms with Crippen LogP contribution in [0.2, 0.25) is 0 Å². The van der Waals surface area contributed by atoms with Gasteiger partial charge >= 0.3 is 0 Å². The predicted molar refractivity (Wildman–Crippen MR) is 114 cm³/mol. The number of likely N-dealkylation sites (tertiary alicyclic amines) is 1. The van der Waals surface area contributed by atoms with Gasteiger partial charge in [0.05, 0.1) is 0 Å². The van der Waals surface area contributed by atoms with Crippen LogP contribution in [0.1, 0.15) is 30.5 Å². The molecule has 4 rings (SSSR count). The smallest absolute Gasteiger partial charge is 0.222 e. The Balaban J connectivity index is 1.31. The Hall–Kier alpha value is -2.95. The van der Waals surface area contributed by atoms with Crippen molar-refractivity contribution in [3.63, 3.8) is 0 Å². The topological polar surface area (TPSA) is 51.0 Å². The van der Waals surface area contributed by atoms with Gasteiger partial charge in [-0.25, -0.2) is 4.98 Å². The van der Waals surface area contributed by atoms with Crippen molar-refractivity contribution < 1.29 is 4.79 Å². The third kappa shape index (κ3) is 4.73. The molecule has 1 saturated heterocycles. The van der Waals surface area contributed by atoms with Crippen molar-refractivity contribution in [2.24, 2.45) is 5.92 Å². The van der Waals surface area contributed by atoms with Crippen LogP contribution in [0, 0.1) is 12.8 Å². The summed E-state index contributed by atoms with van der Waals surface area (Å²) in [6.45, 7) is 4.71. The van der Waals surface area contributed by atoms with Gasteiger partial charge in [-0.2, -0.15) is 0 Å². The first-order valence-electron chi connectivity index (χ1n) is 10.4. The first-order valence-corrected chi connectivity index (χ1v) is 10.4. The van der Waals surface area contributed by atoms with Gasteiger partial charge in [-0.1, -0.05) is 30.3 Å². The number of benzene rings is 1. The molecule has 0 bridgehead atoms. The Labute approximate surface area is 172 Å². The minimum absolute atomic E-state index is 0.292. The van der Waals surface area contributed by atoms with Crippen LogP contribution in [0.3, 0.4) is 0 Å². The molecule has 5 heteroatoms. The molecule has 1 aliphatic heterocycles. The van der Waals surface area contributed by atoms with Gasteiger partial charge in [-0.05, 0) is 49.8 Å². The number of rotatable bonds is 7. The second-order valence-electron chi connectivity index (χ2n) is 7.90. The van der Waals surface area contributed by atoms with Crippen molar-refractivity contribution in [2.75, 3.05) is 13.1 Å². The first kappa shape index (κ1) is 19.4. The average Bonchev–Trinajstić information content (AvgIpc) is 3.37. The molecule has 1 fully saturated rings. The highest BCUT2D eigenvalue weighted by molar-refractivity contribution is 5.76. The van der Waals surface area contributed by atoms with E-state index in [4.69, 9.17) is 0 Å². The van der Waals surface area contributed by atoms with Gasteiger partial charge < -0.3 is 9.47 Å². The zero-order valence-electron chi connectivity index (χ0n) is 17.0. The van der Waals surface area contributed by atoms with E-state index in [-0.39, 0.29) is 0 Å². The lowest BCUT2D eigenvalue weighted by atomic mass is 10.1. The van der Waals surface area contributed by atoms with E-state index in [1.165, 1.54) is 5.56 Å². The summed E-state index contributed by atoms with van der Waals surface area (Å²) in [6, 6.07) is 14.4. The highest BCUT2D eigenvalue weighted by Crippen LogP contribution is 2.25. The van der Waals surface area contributed by atoms with Crippen molar-refractivity contribution in [3.05, 3.63) is 72.3 Å². The van der Waals surface area contributed by atoms with Crippen molar-refractivity contribution in [3.8, 4) is 11.4 Å². The fraction of sp³-hybridized carbons (Fsp3) is 0.375. The number of carbonyl (C=O) groups is 1. The molecule has 0 aliphatic carbocycles. The summed E-state index contributed by atoms with van der Waals surface area (Å²) in [6.07, 6.45) is 9.09. The van der Waals surface area contributed by atoms with E-state index in [2.05, 4.69) is 45.7 Å². The van der Waals surface area contributed by atoms with Crippen LogP contribution in [0.15, 0.2) is 61.1 Å². The van der Waals surface area contributed by atoms with E-state index >= 15 is 0 Å². The summed E-state index contributed by atoms with van der Waals surface area (Å²) < 4.78 is 2.28. The number of nitrogens with zero attached hydrogens (tertiary/aromatic N) is 4. The van der Waals surface area contributed by atoms with E-state index in [0.29, 0.717) is 18.2 Å². The van der Waals surface area contributed by atoms with Crippen LogP contribution in [0.5, 0.6) is 0 Å². The van der Waals surface area contributed by atoms with Gasteiger partial charge in [0.15, 0.2) is 0 Å². The highest BCUT2D eigenvalue weighted by Gasteiger charge is 2.27. The third-order valence-electron chi connectivity index (χ3n) is 5.77. The van der Waals surface area contributed by atoms with Crippen LogP contribution in [0.4, 0.5) is 0 Å². The molecule has 3 heterocycles. The molecule has 0 spiro atoms. The molecule has 150 valence electrons. The SMILES string of the molecule is Cc1cnc(-c2ccncc2)n1CC1CCN(C(=O)CCCc2ccccc2)C1. The molecule has 1 aromatic carbocycles. The number of hydrogen-bond donors (Lipinski definition) is 0. The molecule has 3 aromatic rings. The van der Waals surface area contributed by atoms with E-state index < -0.39 is 0 Å². The molecule has 2 aromatic heterocycles. The Morgan fingerprint density at radius 2 is 1.93 bits per heavy atom. The maximum absolute atomic E-state index is 12.6. The summed E-state index contributed by atoms with van der Waals surface area (Å²) in [7, 11) is 0. The second kappa shape index (κ2) is 9.03. The number of imidazole rings is 1. The second-order valence-corrected chi connectivity index (χ2v) is 7.90. The largest absolute Gasteiger partial charge is 0.342 e. The van der Waals surface area contributed by atoms with Gasteiger partial charge in [0.1, 0.15) is 5.82 Å². The summed E-state index contributed by atoms with van der Waals surface area (Å²) in [4.78, 5) is 23.4. The average molecular weight is 389 g/mol. The lowest BCUT2D eigenvalue weighted by Crippen LogP contribution is -2.29. The lowest BCUT2D eigenvalue weighted by Gasteiger charge is -2.18. The van der Waals surface area contributed by atoms with Crippen molar-refractivity contribution in [1.82, 2.24) is 19.4 Å². The number of carbonyl (C=O) groups excluding carboxylic acids is 1. The minimum Gasteiger partial charge on any atom is -0.342 e. The summed E-state index contributed by atoms with van der Waals surface area (Å²) in [5.41, 5.74) is 3.54. The number of aryl methyl sites for hydroxylation is 2. The van der Waals surface area contributed by atoms with Crippen LogP contribution >= 0.6 is 0 Å². The van der Waals surface area contributed by atoms with Crippen molar-refractivity contribution in [2.45, 2.75) is 39.2 Å². The molecule has 0 radical (unpaired) electrons. The molecular formula is C24H28N4O. The van der Waals surface area contributed by atoms with Crippen LogP contribution in [-0.4, -0.2) is 38.4 Å². The fourth-order valence-corrected chi connectivity index (χ4v) is 4.14. The van der Waals surface area contributed by atoms with Crippen molar-refractivity contribution >= 4 is 5.91 Å². The zero-order valence-corrected chi connectivity index (χ0v) is 17.0. The standard InChI is InChI=1S/C24H28N4O/c1-19-16-26-24(22-10-13-25-14-11-22)28(19)18-21-12-15-27(17-21)23(29)9-5-8-20-6-3-2-4-7-20/h2-4,6-7,10-11,13-14,16,21H,5,8-9,12,15,17-18H2,1H3. The molecule has 5 nitrogen and oxygen atoms in total. The number of hydrogen-bond acceptors (Lipinski definition) is 3. The van der Waals surface area contributed by atoms with Gasteiger partial charge in [0.2, 0.25) is 5.91 Å². The molecule has 29 heavy (non-hydrogen) atoms. The van der Waals surface area contributed by atoms with Gasteiger partial charge in [-0.15, -0.1) is 0 Å². The Morgan fingerprint density at radius 3 is 2.72 bits per heavy atom. The number of amides is 1. The molecule has 1 unspecified atom stereocenters. The molecule has 1 aliphatic rings. The summed E-state index contributed by atoms with van der Waals surface area (Å²) in [5, 5.41) is 0. The third-order valence-corrected chi connectivity index (χ3v) is 5.77. The molecular weight excluding hydrogens is 360 g/mol. The van der Waals surface area contributed by atoms with Gasteiger partial charge in [0.25, 0.3) is 0 Å². The lowest BCUT2D eigenvalue weighted by molar-refractivity contribution is -0.130. The van der Waals surface area contributed by atoms with E-state index in [1.807, 2.05) is 29.3 Å². The van der Waals surface area contributed by atoms with Crippen LogP contribution < -0.4 is 0 Å². The van der Waals surface area contributed by atoms with Crippen LogP contribution in [-0.2, 0) is 17.8 Å². The van der Waals surface area contributed by atoms with Gasteiger partial charge in [-0.3, -0.25) is 9.78 Å². The van der Waals surface area contributed by atoms with E-state index in [9.17, 15) is 4.79 Å². The number of pyridine rings is 1. The minimum atomic E-state index is 0.292. The monoisotopic (exact) mass is 388 g/mol. The maximum Gasteiger partial charge on any atom is 0.222 e. The quantitative estimate of drug-likeness (QED) is 0.612. The molecule has 0 saturated carbocycles. The maximum atomic E-state index is 12.6. The Kier molecular flexibility index (Phi) is 6.03. The normalized spacial score (nSPS) is 16.3. The Morgan fingerprint density at radius 1 is 1.14 bits per heavy atom. The van der Waals surface area contributed by atoms with E-state index in [1.54, 1.807) is 12.4 Å². The molecule has 0 N–H and O–H groups in total. The summed E-state index contributed by atoms with van der Waals surface area (Å²) in [5.74, 6) is 1.75.